The Morgan fingerprint density at radius 1 is 1.38 bits per heavy atom. The molecule has 1 rings (SSSR count). The molecule has 0 radical (unpaired) electrons. The molecule has 0 fully saturated rings. The molecule has 0 amide bonds. The second-order valence-corrected chi connectivity index (χ2v) is 3.51. The molecule has 0 aliphatic heterocycles. The Hall–Kier alpha value is -1.20. The predicted octanol–water partition coefficient (Wildman–Crippen LogP) is 1.58. The summed E-state index contributed by atoms with van der Waals surface area (Å²) >= 11 is 0. The second-order valence-electron chi connectivity index (χ2n) is 3.51. The minimum Gasteiger partial charge on any atom is -0.494 e. The Bertz CT molecular complexity index is 358. The van der Waals surface area contributed by atoms with E-state index in [2.05, 4.69) is 10.1 Å². The Balaban J connectivity index is 2.92. The molecular weight excluding hydrogens is 214 g/mol. The van der Waals surface area contributed by atoms with Crippen LogP contribution in [0.15, 0.2) is 12.1 Å². The number of nitrogens with one attached hydrogen (secondary N) is 1. The van der Waals surface area contributed by atoms with Crippen molar-refractivity contribution in [2.75, 3.05) is 20.7 Å². The van der Waals surface area contributed by atoms with Crippen LogP contribution < -0.4 is 15.8 Å². The maximum absolute atomic E-state index is 13.5. The molecule has 0 aliphatic carbocycles. The summed E-state index contributed by atoms with van der Waals surface area (Å²) in [5.74, 6) is -1.25. The Morgan fingerprint density at radius 2 is 2.06 bits per heavy atom. The zero-order valence-electron chi connectivity index (χ0n) is 9.39. The Labute approximate surface area is 93.6 Å². The molecular formula is C11H16F2N2O. The molecule has 1 aromatic carbocycles. The van der Waals surface area contributed by atoms with Crippen molar-refractivity contribution in [2.24, 2.45) is 5.73 Å². The summed E-state index contributed by atoms with van der Waals surface area (Å²) in [5.41, 5.74) is 5.93. The van der Waals surface area contributed by atoms with Crippen molar-refractivity contribution >= 4 is 0 Å². The molecule has 1 unspecified atom stereocenters. The highest BCUT2D eigenvalue weighted by Crippen LogP contribution is 2.25. The minimum absolute atomic E-state index is 0.109. The van der Waals surface area contributed by atoms with Crippen LogP contribution in [0, 0.1) is 11.6 Å². The van der Waals surface area contributed by atoms with Crippen LogP contribution in [-0.4, -0.2) is 20.7 Å². The number of halogens is 2. The van der Waals surface area contributed by atoms with Crippen molar-refractivity contribution in [1.29, 1.82) is 0 Å². The fraction of sp³-hybridized carbons (Fsp3) is 0.455. The van der Waals surface area contributed by atoms with E-state index in [0.29, 0.717) is 13.0 Å². The van der Waals surface area contributed by atoms with Crippen LogP contribution in [0.4, 0.5) is 8.78 Å². The first kappa shape index (κ1) is 12.9. The molecule has 5 heteroatoms. The van der Waals surface area contributed by atoms with Gasteiger partial charge in [-0.15, -0.1) is 0 Å². The van der Waals surface area contributed by atoms with Gasteiger partial charge in [0, 0.05) is 17.7 Å². The van der Waals surface area contributed by atoms with E-state index >= 15 is 0 Å². The summed E-state index contributed by atoms with van der Waals surface area (Å²) in [6, 6.07) is 1.59. The SMILES string of the molecule is CNCCC(N)c1cc(F)c(OC)cc1F. The summed E-state index contributed by atoms with van der Waals surface area (Å²) in [6.45, 7) is 0.647. The molecule has 3 nitrogen and oxygen atoms in total. The zero-order chi connectivity index (χ0) is 12.1. The first-order chi connectivity index (χ1) is 7.60. The quantitative estimate of drug-likeness (QED) is 0.807. The fourth-order valence-electron chi connectivity index (χ4n) is 1.44. The monoisotopic (exact) mass is 230 g/mol. The van der Waals surface area contributed by atoms with Crippen molar-refractivity contribution in [3.05, 3.63) is 29.3 Å². The lowest BCUT2D eigenvalue weighted by Crippen LogP contribution is -2.19. The van der Waals surface area contributed by atoms with Crippen LogP contribution in [0.2, 0.25) is 0 Å². The van der Waals surface area contributed by atoms with E-state index in [1.54, 1.807) is 7.05 Å². The van der Waals surface area contributed by atoms with Gasteiger partial charge in [-0.25, -0.2) is 8.78 Å². The van der Waals surface area contributed by atoms with Crippen LogP contribution in [0.3, 0.4) is 0 Å². The number of nitrogens with two attached hydrogens (primary N) is 1. The standard InChI is InChI=1S/C11H16F2N2O/c1-15-4-3-10(14)7-5-9(13)11(16-2)6-8(7)12/h5-6,10,15H,3-4,14H2,1-2H3. The minimum atomic E-state index is -0.598. The Kier molecular flexibility index (Phi) is 4.64. The first-order valence-corrected chi connectivity index (χ1v) is 5.03. The van der Waals surface area contributed by atoms with Gasteiger partial charge in [-0.05, 0) is 26.1 Å². The summed E-state index contributed by atoms with van der Waals surface area (Å²) in [6.07, 6.45) is 0.541. The van der Waals surface area contributed by atoms with E-state index in [0.717, 1.165) is 12.1 Å². The van der Waals surface area contributed by atoms with E-state index in [-0.39, 0.29) is 11.3 Å². The summed E-state index contributed by atoms with van der Waals surface area (Å²) in [4.78, 5) is 0. The van der Waals surface area contributed by atoms with Gasteiger partial charge in [0.2, 0.25) is 0 Å². The zero-order valence-corrected chi connectivity index (χ0v) is 9.39. The Morgan fingerprint density at radius 3 is 2.62 bits per heavy atom. The highest BCUT2D eigenvalue weighted by molar-refractivity contribution is 5.32. The molecule has 0 bridgehead atoms. The van der Waals surface area contributed by atoms with Crippen LogP contribution in [0.1, 0.15) is 18.0 Å². The molecule has 0 saturated heterocycles. The van der Waals surface area contributed by atoms with Crippen LogP contribution in [-0.2, 0) is 0 Å². The lowest BCUT2D eigenvalue weighted by atomic mass is 10.0. The van der Waals surface area contributed by atoms with Gasteiger partial charge in [0.25, 0.3) is 0 Å². The van der Waals surface area contributed by atoms with Crippen molar-refractivity contribution < 1.29 is 13.5 Å². The normalized spacial score (nSPS) is 12.6. The number of methoxy groups -OCH3 is 1. The van der Waals surface area contributed by atoms with Gasteiger partial charge in [-0.2, -0.15) is 0 Å². The lowest BCUT2D eigenvalue weighted by molar-refractivity contribution is 0.380. The van der Waals surface area contributed by atoms with Gasteiger partial charge in [-0.1, -0.05) is 0 Å². The third-order valence-corrected chi connectivity index (χ3v) is 2.38. The molecule has 0 heterocycles. The van der Waals surface area contributed by atoms with Gasteiger partial charge in [0.1, 0.15) is 5.82 Å². The number of hydrogen-bond acceptors (Lipinski definition) is 3. The van der Waals surface area contributed by atoms with Gasteiger partial charge in [0.05, 0.1) is 7.11 Å². The van der Waals surface area contributed by atoms with Crippen LogP contribution >= 0.6 is 0 Å². The van der Waals surface area contributed by atoms with E-state index in [1.165, 1.54) is 7.11 Å². The lowest BCUT2D eigenvalue weighted by Gasteiger charge is -2.14. The third kappa shape index (κ3) is 2.90. The number of ether oxygens (including phenoxy) is 1. The maximum Gasteiger partial charge on any atom is 0.165 e. The molecule has 0 spiro atoms. The fourth-order valence-corrected chi connectivity index (χ4v) is 1.44. The third-order valence-electron chi connectivity index (χ3n) is 2.38. The van der Waals surface area contributed by atoms with E-state index < -0.39 is 17.7 Å². The summed E-state index contributed by atoms with van der Waals surface area (Å²) in [7, 11) is 3.07. The summed E-state index contributed by atoms with van der Waals surface area (Å²) < 4.78 is 31.6. The highest BCUT2D eigenvalue weighted by Gasteiger charge is 2.15. The van der Waals surface area contributed by atoms with E-state index in [1.807, 2.05) is 0 Å². The largest absolute Gasteiger partial charge is 0.494 e. The smallest absolute Gasteiger partial charge is 0.165 e. The van der Waals surface area contributed by atoms with Gasteiger partial charge >= 0.3 is 0 Å². The average Bonchev–Trinajstić information content (AvgIpc) is 2.28. The maximum atomic E-state index is 13.5. The van der Waals surface area contributed by atoms with Crippen molar-refractivity contribution in [1.82, 2.24) is 5.32 Å². The molecule has 0 aliphatic rings. The second kappa shape index (κ2) is 5.77. The number of rotatable bonds is 5. The van der Waals surface area contributed by atoms with E-state index in [9.17, 15) is 8.78 Å². The molecule has 1 aromatic rings. The number of benzene rings is 1. The molecule has 3 N–H and O–H groups in total. The molecule has 16 heavy (non-hydrogen) atoms. The van der Waals surface area contributed by atoms with Gasteiger partial charge in [0.15, 0.2) is 11.6 Å². The molecule has 1 atom stereocenters. The number of hydrogen-bond donors (Lipinski definition) is 2. The molecule has 90 valence electrons. The van der Waals surface area contributed by atoms with Gasteiger partial charge in [-0.3, -0.25) is 0 Å². The first-order valence-electron chi connectivity index (χ1n) is 5.03. The van der Waals surface area contributed by atoms with Crippen LogP contribution in [0.25, 0.3) is 0 Å². The van der Waals surface area contributed by atoms with Crippen molar-refractivity contribution in [2.45, 2.75) is 12.5 Å². The predicted molar refractivity (Wildman–Crippen MR) is 58.4 cm³/mol. The van der Waals surface area contributed by atoms with E-state index in [4.69, 9.17) is 5.73 Å². The summed E-state index contributed by atoms with van der Waals surface area (Å²) in [5, 5.41) is 2.90. The van der Waals surface area contributed by atoms with Crippen LogP contribution in [0.5, 0.6) is 5.75 Å². The molecule has 0 saturated carbocycles. The highest BCUT2D eigenvalue weighted by atomic mass is 19.1. The molecule has 0 aromatic heterocycles. The van der Waals surface area contributed by atoms with Crippen molar-refractivity contribution in [3.8, 4) is 5.75 Å². The van der Waals surface area contributed by atoms with Crippen molar-refractivity contribution in [3.63, 3.8) is 0 Å². The topological polar surface area (TPSA) is 47.3 Å². The van der Waals surface area contributed by atoms with Gasteiger partial charge < -0.3 is 15.8 Å². The average molecular weight is 230 g/mol.